The minimum absolute atomic E-state index is 0.0387. The van der Waals surface area contributed by atoms with E-state index in [0.29, 0.717) is 18.1 Å². The fourth-order valence-corrected chi connectivity index (χ4v) is 2.14. The Morgan fingerprint density at radius 1 is 1.50 bits per heavy atom. The third kappa shape index (κ3) is 2.93. The first-order chi connectivity index (χ1) is 8.35. The molecule has 1 heterocycles. The number of aromatic nitrogens is 2. The van der Waals surface area contributed by atoms with Crippen LogP contribution in [0.4, 0.5) is 0 Å². The summed E-state index contributed by atoms with van der Waals surface area (Å²) in [6.07, 6.45) is 0.897. The second-order valence-electron chi connectivity index (χ2n) is 4.59. The van der Waals surface area contributed by atoms with Crippen molar-refractivity contribution in [3.05, 3.63) is 16.4 Å². The number of aryl methyl sites for hydroxylation is 2. The molecule has 4 nitrogen and oxygen atoms in total. The average molecular weight is 273 g/mol. The van der Waals surface area contributed by atoms with Crippen molar-refractivity contribution in [1.82, 2.24) is 9.78 Å². The molecule has 0 aromatic carbocycles. The second-order valence-corrected chi connectivity index (χ2v) is 4.97. The summed E-state index contributed by atoms with van der Waals surface area (Å²) < 4.78 is 7.24. The van der Waals surface area contributed by atoms with E-state index in [-0.39, 0.29) is 12.2 Å². The topological polar surface area (TPSA) is 44.1 Å². The summed E-state index contributed by atoms with van der Waals surface area (Å²) in [4.78, 5) is 12.3. The predicted octanol–water partition coefficient (Wildman–Crippen LogP) is 2.70. The Balaban J connectivity index is 2.93. The molecule has 1 aromatic rings. The van der Waals surface area contributed by atoms with Gasteiger partial charge in [-0.05, 0) is 27.2 Å². The quantitative estimate of drug-likeness (QED) is 0.800. The SMILES string of the molecule is CCOC(C)(CC)C(=O)Cc1c(Cl)c(C)nn1C. The molecular weight excluding hydrogens is 252 g/mol. The molecule has 1 unspecified atom stereocenters. The lowest BCUT2D eigenvalue weighted by molar-refractivity contribution is -0.141. The highest BCUT2D eigenvalue weighted by Crippen LogP contribution is 2.24. The van der Waals surface area contributed by atoms with Gasteiger partial charge in [0.15, 0.2) is 5.78 Å². The van der Waals surface area contributed by atoms with Crippen molar-refractivity contribution in [3.8, 4) is 0 Å². The molecule has 18 heavy (non-hydrogen) atoms. The van der Waals surface area contributed by atoms with Crippen LogP contribution in [-0.2, 0) is 23.0 Å². The average Bonchev–Trinajstić information content (AvgIpc) is 2.56. The van der Waals surface area contributed by atoms with Crippen LogP contribution < -0.4 is 0 Å². The van der Waals surface area contributed by atoms with Crippen LogP contribution in [0.3, 0.4) is 0 Å². The highest BCUT2D eigenvalue weighted by Gasteiger charge is 2.32. The summed E-state index contributed by atoms with van der Waals surface area (Å²) in [6.45, 7) is 8.02. The number of hydrogen-bond acceptors (Lipinski definition) is 3. The molecule has 1 atom stereocenters. The molecule has 1 rings (SSSR count). The van der Waals surface area contributed by atoms with Gasteiger partial charge in [-0.15, -0.1) is 0 Å². The number of ketones is 1. The number of halogens is 1. The van der Waals surface area contributed by atoms with E-state index in [1.165, 1.54) is 0 Å². The van der Waals surface area contributed by atoms with Gasteiger partial charge >= 0.3 is 0 Å². The first-order valence-corrected chi connectivity index (χ1v) is 6.58. The monoisotopic (exact) mass is 272 g/mol. The van der Waals surface area contributed by atoms with E-state index in [0.717, 1.165) is 11.4 Å². The Morgan fingerprint density at radius 2 is 2.11 bits per heavy atom. The molecule has 0 bridgehead atoms. The summed E-state index contributed by atoms with van der Waals surface area (Å²) in [5, 5.41) is 4.78. The fourth-order valence-electron chi connectivity index (χ4n) is 1.91. The molecule has 0 fully saturated rings. The molecule has 0 spiro atoms. The second kappa shape index (κ2) is 5.85. The van der Waals surface area contributed by atoms with Crippen molar-refractivity contribution in [1.29, 1.82) is 0 Å². The van der Waals surface area contributed by atoms with Crippen LogP contribution in [0.1, 0.15) is 38.6 Å². The molecule has 0 saturated heterocycles. The van der Waals surface area contributed by atoms with Crippen LogP contribution >= 0.6 is 11.6 Å². The molecule has 102 valence electrons. The van der Waals surface area contributed by atoms with Crippen LogP contribution in [0.25, 0.3) is 0 Å². The van der Waals surface area contributed by atoms with Crippen LogP contribution in [0, 0.1) is 6.92 Å². The van der Waals surface area contributed by atoms with E-state index >= 15 is 0 Å². The largest absolute Gasteiger partial charge is 0.368 e. The van der Waals surface area contributed by atoms with Gasteiger partial charge in [-0.25, -0.2) is 0 Å². The Kier molecular flexibility index (Phi) is 4.93. The van der Waals surface area contributed by atoms with Gasteiger partial charge in [0.05, 0.1) is 22.8 Å². The van der Waals surface area contributed by atoms with Gasteiger partial charge in [-0.2, -0.15) is 5.10 Å². The van der Waals surface area contributed by atoms with Crippen molar-refractivity contribution in [2.24, 2.45) is 7.05 Å². The number of rotatable bonds is 6. The molecular formula is C13H21ClN2O2. The van der Waals surface area contributed by atoms with E-state index in [2.05, 4.69) is 5.10 Å². The molecule has 1 aromatic heterocycles. The highest BCUT2D eigenvalue weighted by atomic mass is 35.5. The summed E-state index contributed by atoms with van der Waals surface area (Å²) in [5.74, 6) is 0.0387. The first kappa shape index (κ1) is 15.2. The lowest BCUT2D eigenvalue weighted by Crippen LogP contribution is -2.39. The summed E-state index contributed by atoms with van der Waals surface area (Å²) in [7, 11) is 1.80. The van der Waals surface area contributed by atoms with Gasteiger partial charge in [0.25, 0.3) is 0 Å². The number of nitrogens with zero attached hydrogens (tertiary/aromatic N) is 2. The van der Waals surface area contributed by atoms with E-state index in [1.54, 1.807) is 11.7 Å². The van der Waals surface area contributed by atoms with Crippen LogP contribution in [-0.4, -0.2) is 27.8 Å². The third-order valence-electron chi connectivity index (χ3n) is 3.32. The van der Waals surface area contributed by atoms with Crippen LogP contribution in [0.5, 0.6) is 0 Å². The summed E-state index contributed by atoms with van der Waals surface area (Å²) >= 11 is 6.15. The first-order valence-electron chi connectivity index (χ1n) is 6.21. The minimum atomic E-state index is -0.740. The normalized spacial score (nSPS) is 14.6. The smallest absolute Gasteiger partial charge is 0.170 e. The number of carbonyl (C=O) groups is 1. The lowest BCUT2D eigenvalue weighted by atomic mass is 9.94. The van der Waals surface area contributed by atoms with Crippen molar-refractivity contribution < 1.29 is 9.53 Å². The Morgan fingerprint density at radius 3 is 2.50 bits per heavy atom. The van der Waals surface area contributed by atoms with E-state index in [1.807, 2.05) is 27.7 Å². The van der Waals surface area contributed by atoms with E-state index in [4.69, 9.17) is 16.3 Å². The molecule has 0 aliphatic carbocycles. The minimum Gasteiger partial charge on any atom is -0.368 e. The van der Waals surface area contributed by atoms with Gasteiger partial charge in [0, 0.05) is 13.7 Å². The predicted molar refractivity (Wildman–Crippen MR) is 72.0 cm³/mol. The Bertz CT molecular complexity index is 442. The molecule has 0 amide bonds. The van der Waals surface area contributed by atoms with Crippen molar-refractivity contribution in [2.75, 3.05) is 6.61 Å². The standard InChI is InChI=1S/C13H21ClN2O2/c1-6-13(4,18-7-2)11(17)8-10-12(14)9(3)15-16(10)5/h6-8H2,1-5H3. The number of Topliss-reactive ketones (excluding diaryl/α,β-unsaturated/α-hetero) is 1. The zero-order valence-corrected chi connectivity index (χ0v) is 12.5. The van der Waals surface area contributed by atoms with Crippen molar-refractivity contribution in [2.45, 2.75) is 46.1 Å². The molecule has 0 saturated carbocycles. The van der Waals surface area contributed by atoms with Crippen molar-refractivity contribution in [3.63, 3.8) is 0 Å². The maximum atomic E-state index is 12.3. The molecule has 0 aliphatic heterocycles. The summed E-state index contributed by atoms with van der Waals surface area (Å²) in [6, 6.07) is 0. The van der Waals surface area contributed by atoms with Gasteiger partial charge in [-0.1, -0.05) is 18.5 Å². The van der Waals surface area contributed by atoms with Gasteiger partial charge in [0.2, 0.25) is 0 Å². The molecule has 0 N–H and O–H groups in total. The molecule has 0 radical (unpaired) electrons. The van der Waals surface area contributed by atoms with E-state index < -0.39 is 5.60 Å². The number of hydrogen-bond donors (Lipinski definition) is 0. The summed E-state index contributed by atoms with van der Waals surface area (Å²) in [5.41, 5.74) is 0.756. The molecule has 5 heteroatoms. The maximum absolute atomic E-state index is 12.3. The number of carbonyl (C=O) groups excluding carboxylic acids is 1. The van der Waals surface area contributed by atoms with E-state index in [9.17, 15) is 4.79 Å². The van der Waals surface area contributed by atoms with Gasteiger partial charge in [-0.3, -0.25) is 9.48 Å². The Hall–Kier alpha value is -0.870. The molecule has 0 aliphatic rings. The maximum Gasteiger partial charge on any atom is 0.170 e. The van der Waals surface area contributed by atoms with Gasteiger partial charge in [0.1, 0.15) is 5.60 Å². The Labute approximate surface area is 113 Å². The zero-order valence-electron chi connectivity index (χ0n) is 11.7. The van der Waals surface area contributed by atoms with Gasteiger partial charge < -0.3 is 4.74 Å². The lowest BCUT2D eigenvalue weighted by Gasteiger charge is -2.26. The number of ether oxygens (including phenoxy) is 1. The van der Waals surface area contributed by atoms with Crippen LogP contribution in [0.15, 0.2) is 0 Å². The van der Waals surface area contributed by atoms with Crippen LogP contribution in [0.2, 0.25) is 5.02 Å². The zero-order chi connectivity index (χ0) is 13.9. The fraction of sp³-hybridized carbons (Fsp3) is 0.692. The van der Waals surface area contributed by atoms with Crippen molar-refractivity contribution >= 4 is 17.4 Å². The third-order valence-corrected chi connectivity index (χ3v) is 3.81. The highest BCUT2D eigenvalue weighted by molar-refractivity contribution is 6.32.